The summed E-state index contributed by atoms with van der Waals surface area (Å²) in [5, 5.41) is 0. The summed E-state index contributed by atoms with van der Waals surface area (Å²) in [6.45, 7) is 6.57. The van der Waals surface area contributed by atoms with E-state index < -0.39 is 6.10 Å². The fourth-order valence-electron chi connectivity index (χ4n) is 10.4. The Labute approximate surface area is 503 Å². The van der Waals surface area contributed by atoms with E-state index in [4.69, 9.17) is 14.2 Å². The molecule has 0 heterocycles. The van der Waals surface area contributed by atoms with Crippen LogP contribution in [-0.2, 0) is 28.6 Å². The minimum absolute atomic E-state index is 0.0764. The lowest BCUT2D eigenvalue weighted by Crippen LogP contribution is -2.30. The second kappa shape index (κ2) is 69.3. The van der Waals surface area contributed by atoms with E-state index >= 15 is 0 Å². The Morgan fingerprint density at radius 3 is 0.765 bits per heavy atom. The molecule has 0 spiro atoms. The Kier molecular flexibility index (Phi) is 66.6. The topological polar surface area (TPSA) is 78.9 Å². The molecule has 0 N–H and O–H groups in total. The Morgan fingerprint density at radius 1 is 0.259 bits per heavy atom. The van der Waals surface area contributed by atoms with Gasteiger partial charge < -0.3 is 14.2 Å². The normalized spacial score (nSPS) is 12.5. The minimum atomic E-state index is -0.781. The Bertz CT molecular complexity index is 1490. The van der Waals surface area contributed by atoms with Crippen LogP contribution in [0.15, 0.2) is 72.9 Å². The molecular formula is C75H134O6. The molecule has 0 aromatic rings. The first-order chi connectivity index (χ1) is 40.0. The minimum Gasteiger partial charge on any atom is -0.462 e. The van der Waals surface area contributed by atoms with E-state index in [1.54, 1.807) is 0 Å². The second-order valence-corrected chi connectivity index (χ2v) is 23.8. The van der Waals surface area contributed by atoms with Crippen molar-refractivity contribution < 1.29 is 28.6 Å². The average Bonchev–Trinajstić information content (AvgIpc) is 3.47. The van der Waals surface area contributed by atoms with Gasteiger partial charge in [0.2, 0.25) is 0 Å². The lowest BCUT2D eigenvalue weighted by Gasteiger charge is -2.18. The maximum atomic E-state index is 13.0. The molecule has 0 aliphatic carbocycles. The molecule has 0 amide bonds. The van der Waals surface area contributed by atoms with Crippen LogP contribution in [0.3, 0.4) is 0 Å². The lowest BCUT2D eigenvalue weighted by molar-refractivity contribution is -0.167. The molecular weight excluding hydrogens is 997 g/mol. The third kappa shape index (κ3) is 67.5. The molecule has 0 radical (unpaired) electrons. The summed E-state index contributed by atoms with van der Waals surface area (Å²) < 4.78 is 17.0. The molecule has 0 aliphatic rings. The van der Waals surface area contributed by atoms with Crippen LogP contribution in [0.25, 0.3) is 0 Å². The van der Waals surface area contributed by atoms with Crippen LogP contribution in [0.5, 0.6) is 0 Å². The molecule has 6 heteroatoms. The van der Waals surface area contributed by atoms with Gasteiger partial charge in [0.15, 0.2) is 6.10 Å². The van der Waals surface area contributed by atoms with E-state index in [0.717, 1.165) is 89.9 Å². The first-order valence-electron chi connectivity index (χ1n) is 35.4. The van der Waals surface area contributed by atoms with Crippen molar-refractivity contribution >= 4 is 17.9 Å². The van der Waals surface area contributed by atoms with Gasteiger partial charge in [-0.2, -0.15) is 0 Å². The summed E-state index contributed by atoms with van der Waals surface area (Å²) in [6.07, 6.45) is 90.7. The van der Waals surface area contributed by atoms with E-state index in [-0.39, 0.29) is 31.1 Å². The van der Waals surface area contributed by atoms with Crippen LogP contribution >= 0.6 is 0 Å². The predicted octanol–water partition coefficient (Wildman–Crippen LogP) is 24.4. The van der Waals surface area contributed by atoms with E-state index in [2.05, 4.69) is 93.7 Å². The highest BCUT2D eigenvalue weighted by molar-refractivity contribution is 5.71. The third-order valence-electron chi connectivity index (χ3n) is 15.7. The van der Waals surface area contributed by atoms with E-state index in [1.807, 2.05) is 0 Å². The number of rotatable bonds is 65. The molecule has 1 unspecified atom stereocenters. The summed E-state index contributed by atoms with van der Waals surface area (Å²) >= 11 is 0. The SMILES string of the molecule is CC/C=C\C/C=C\C/C=C\C/C=C\CCCCCCCCCCCCCCC(=O)OCC(COC(=O)CCCCCCC/C=C\CCCCCCCC)OC(=O)CCCCCCCCCCCCC/C=C\CCCCCCCCCC. The molecule has 6 nitrogen and oxygen atoms in total. The molecule has 0 aliphatic heterocycles. The van der Waals surface area contributed by atoms with Crippen LogP contribution < -0.4 is 0 Å². The average molecular weight is 1130 g/mol. The maximum absolute atomic E-state index is 13.0. The standard InChI is InChI=1S/C75H134O6/c1-4-7-10-13-16-19-22-25-28-30-32-34-36-37-39-40-42-44-47-50-53-56-59-62-65-68-74(77)80-71-72(70-79-73(76)67-64-61-58-55-52-49-46-27-24-21-18-15-12-9-6-3)81-75(78)69-66-63-60-57-54-51-48-45-43-41-38-35-33-31-29-26-23-20-17-14-11-8-5-2/h7,10,16,19,25,27-28,31-34,46,72H,4-6,8-9,11-15,17-18,20-24,26,29-30,35-45,47-71H2,1-3H3/b10-7-,19-16-,28-25-,33-31-,34-32-,46-27-. The molecule has 470 valence electrons. The number of carbonyl (C=O) groups excluding carboxylic acids is 3. The Morgan fingerprint density at radius 2 is 0.481 bits per heavy atom. The van der Waals surface area contributed by atoms with Crippen molar-refractivity contribution in [3.05, 3.63) is 72.9 Å². The molecule has 0 fully saturated rings. The van der Waals surface area contributed by atoms with Gasteiger partial charge in [-0.1, -0.05) is 312 Å². The number of carbonyl (C=O) groups is 3. The largest absolute Gasteiger partial charge is 0.462 e. The first-order valence-corrected chi connectivity index (χ1v) is 35.4. The summed E-state index contributed by atoms with van der Waals surface area (Å²) in [5.41, 5.74) is 0. The van der Waals surface area contributed by atoms with Crippen LogP contribution in [0.1, 0.15) is 367 Å². The summed E-state index contributed by atoms with van der Waals surface area (Å²) in [7, 11) is 0. The van der Waals surface area contributed by atoms with Crippen molar-refractivity contribution in [3.63, 3.8) is 0 Å². The van der Waals surface area contributed by atoms with Gasteiger partial charge in [0.1, 0.15) is 13.2 Å². The van der Waals surface area contributed by atoms with Crippen molar-refractivity contribution in [2.45, 2.75) is 374 Å². The first kappa shape index (κ1) is 77.9. The zero-order chi connectivity index (χ0) is 58.5. The van der Waals surface area contributed by atoms with Gasteiger partial charge in [0.05, 0.1) is 0 Å². The monoisotopic (exact) mass is 1130 g/mol. The molecule has 81 heavy (non-hydrogen) atoms. The smallest absolute Gasteiger partial charge is 0.306 e. The second-order valence-electron chi connectivity index (χ2n) is 23.8. The van der Waals surface area contributed by atoms with E-state index in [9.17, 15) is 14.4 Å². The number of ether oxygens (including phenoxy) is 3. The van der Waals surface area contributed by atoms with Crippen LogP contribution in [0, 0.1) is 0 Å². The number of hydrogen-bond acceptors (Lipinski definition) is 6. The van der Waals surface area contributed by atoms with Crippen molar-refractivity contribution in [1.82, 2.24) is 0 Å². The van der Waals surface area contributed by atoms with E-state index in [1.165, 1.54) is 238 Å². The maximum Gasteiger partial charge on any atom is 0.306 e. The van der Waals surface area contributed by atoms with Crippen LogP contribution in [0.4, 0.5) is 0 Å². The molecule has 0 aromatic carbocycles. The van der Waals surface area contributed by atoms with Gasteiger partial charge in [-0.25, -0.2) is 0 Å². The van der Waals surface area contributed by atoms with Gasteiger partial charge in [-0.3, -0.25) is 14.4 Å². The van der Waals surface area contributed by atoms with Crippen LogP contribution in [-0.4, -0.2) is 37.2 Å². The summed E-state index contributed by atoms with van der Waals surface area (Å²) in [5.74, 6) is -0.866. The fourth-order valence-corrected chi connectivity index (χ4v) is 10.4. The third-order valence-corrected chi connectivity index (χ3v) is 15.7. The molecule has 0 bridgehead atoms. The van der Waals surface area contributed by atoms with Gasteiger partial charge in [0.25, 0.3) is 0 Å². The number of hydrogen-bond donors (Lipinski definition) is 0. The van der Waals surface area contributed by atoms with Crippen molar-refractivity contribution in [1.29, 1.82) is 0 Å². The fraction of sp³-hybridized carbons (Fsp3) is 0.800. The zero-order valence-electron chi connectivity index (χ0n) is 54.1. The lowest BCUT2D eigenvalue weighted by atomic mass is 10.0. The van der Waals surface area contributed by atoms with Gasteiger partial charge >= 0.3 is 17.9 Å². The number of allylic oxidation sites excluding steroid dienone is 12. The molecule has 1 atom stereocenters. The van der Waals surface area contributed by atoms with Gasteiger partial charge in [-0.15, -0.1) is 0 Å². The highest BCUT2D eigenvalue weighted by Crippen LogP contribution is 2.17. The Balaban J connectivity index is 4.31. The van der Waals surface area contributed by atoms with Crippen molar-refractivity contribution in [3.8, 4) is 0 Å². The predicted molar refractivity (Wildman–Crippen MR) is 353 cm³/mol. The highest BCUT2D eigenvalue weighted by Gasteiger charge is 2.19. The summed E-state index contributed by atoms with van der Waals surface area (Å²) in [6, 6.07) is 0. The van der Waals surface area contributed by atoms with Gasteiger partial charge in [0, 0.05) is 19.3 Å². The Hall–Kier alpha value is -3.15. The van der Waals surface area contributed by atoms with Crippen LogP contribution in [0.2, 0.25) is 0 Å². The quantitative estimate of drug-likeness (QED) is 0.0261. The van der Waals surface area contributed by atoms with Crippen molar-refractivity contribution in [2.75, 3.05) is 13.2 Å². The highest BCUT2D eigenvalue weighted by atomic mass is 16.6. The molecule has 0 saturated carbocycles. The van der Waals surface area contributed by atoms with E-state index in [0.29, 0.717) is 19.3 Å². The molecule has 0 saturated heterocycles. The molecule has 0 aromatic heterocycles. The summed E-state index contributed by atoms with van der Waals surface area (Å²) in [4.78, 5) is 38.5. The van der Waals surface area contributed by atoms with Gasteiger partial charge in [-0.05, 0) is 109 Å². The number of esters is 3. The molecule has 0 rings (SSSR count). The van der Waals surface area contributed by atoms with Crippen molar-refractivity contribution in [2.24, 2.45) is 0 Å². The number of unbranched alkanes of at least 4 members (excludes halogenated alkanes) is 42. The zero-order valence-corrected chi connectivity index (χ0v) is 54.1.